The number of fused-ring (bicyclic) bond motifs is 3. The molecule has 1 fully saturated rings. The van der Waals surface area contributed by atoms with Gasteiger partial charge in [-0.15, -0.1) is 28.8 Å². The van der Waals surface area contributed by atoms with Crippen LogP contribution in [0.15, 0.2) is 109 Å². The van der Waals surface area contributed by atoms with Gasteiger partial charge in [-0.1, -0.05) is 131 Å². The second-order valence-electron chi connectivity index (χ2n) is 13.8. The number of hydrogen-bond donors (Lipinski definition) is 0. The minimum absolute atomic E-state index is 0. The summed E-state index contributed by atoms with van der Waals surface area (Å²) in [4.78, 5) is 0. The van der Waals surface area contributed by atoms with Crippen LogP contribution in [0.25, 0.3) is 33.4 Å². The first kappa shape index (κ1) is 37.0. The topological polar surface area (TPSA) is 0 Å². The molecule has 45 heavy (non-hydrogen) atoms. The molecule has 7 rings (SSSR count). The van der Waals surface area contributed by atoms with Crippen LogP contribution in [-0.2, 0) is 41.5 Å². The fourth-order valence-electron chi connectivity index (χ4n) is 5.78. The van der Waals surface area contributed by atoms with E-state index < -0.39 is 0 Å². The Kier molecular flexibility index (Phi) is 13.1. The van der Waals surface area contributed by atoms with Crippen molar-refractivity contribution in [2.45, 2.75) is 78.1 Å². The van der Waals surface area contributed by atoms with E-state index in [2.05, 4.69) is 126 Å². The maximum absolute atomic E-state index is 3.88. The quantitative estimate of drug-likeness (QED) is 0.215. The summed E-state index contributed by atoms with van der Waals surface area (Å²) in [6.07, 6.45) is 5.30. The summed E-state index contributed by atoms with van der Waals surface area (Å²) in [5, 5.41) is 0. The van der Waals surface area contributed by atoms with Crippen LogP contribution in [0.1, 0.15) is 83.1 Å². The van der Waals surface area contributed by atoms with E-state index in [1.807, 2.05) is 30.3 Å². The summed E-state index contributed by atoms with van der Waals surface area (Å²) in [6.45, 7) is 13.9. The van der Waals surface area contributed by atoms with E-state index >= 15 is 0 Å². The Morgan fingerprint density at radius 1 is 0.622 bits per heavy atom. The predicted octanol–water partition coefficient (Wildman–Crippen LogP) is 5.29. The fourth-order valence-corrected chi connectivity index (χ4v) is 6.65. The van der Waals surface area contributed by atoms with Gasteiger partial charge in [-0.05, 0) is 39.5 Å². The van der Waals surface area contributed by atoms with Crippen LogP contribution in [0.2, 0.25) is 0 Å². The molecule has 0 heterocycles. The summed E-state index contributed by atoms with van der Waals surface area (Å²) < 4.78 is 1.78. The normalized spacial score (nSPS) is 12.9. The van der Waals surface area contributed by atoms with Crippen molar-refractivity contribution in [2.75, 3.05) is 0 Å². The number of halogens is 2. The van der Waals surface area contributed by atoms with Crippen molar-refractivity contribution in [2.24, 2.45) is 0 Å². The van der Waals surface area contributed by atoms with Crippen molar-refractivity contribution < 1.29 is 49.0 Å². The van der Waals surface area contributed by atoms with E-state index in [1.54, 1.807) is 27.4 Å². The van der Waals surface area contributed by atoms with E-state index in [9.17, 15) is 0 Å². The molecule has 0 radical (unpaired) electrons. The Morgan fingerprint density at radius 3 is 1.58 bits per heavy atom. The first-order chi connectivity index (χ1) is 20.5. The molecule has 2 aliphatic carbocycles. The van der Waals surface area contributed by atoms with Crippen molar-refractivity contribution in [3.8, 4) is 33.4 Å². The zero-order chi connectivity index (χ0) is 30.6. The third kappa shape index (κ3) is 9.10. The van der Waals surface area contributed by atoms with Gasteiger partial charge in [0, 0.05) is 0 Å². The van der Waals surface area contributed by atoms with Gasteiger partial charge in [0.1, 0.15) is 0 Å². The average molecular weight is 711 g/mol. The molecule has 1 saturated carbocycles. The molecular formula is C42H44Cl2Zr-2. The van der Waals surface area contributed by atoms with Gasteiger partial charge in [-0.3, -0.25) is 0 Å². The molecule has 0 aromatic heterocycles. The molecule has 0 spiro atoms. The largest absolute Gasteiger partial charge is 0.214 e. The van der Waals surface area contributed by atoms with Crippen LogP contribution in [-0.4, -0.2) is 3.21 Å². The van der Waals surface area contributed by atoms with Crippen molar-refractivity contribution in [1.29, 1.82) is 0 Å². The van der Waals surface area contributed by atoms with Crippen LogP contribution in [0.4, 0.5) is 0 Å². The van der Waals surface area contributed by atoms with Crippen LogP contribution in [0, 0.1) is 6.07 Å². The molecule has 0 saturated heterocycles. The maximum atomic E-state index is 3.88. The van der Waals surface area contributed by atoms with Gasteiger partial charge in [0.05, 0.1) is 0 Å². The average Bonchev–Trinajstić information content (AvgIpc) is 3.67. The molecule has 0 nitrogen and oxygen atoms in total. The Labute approximate surface area is 299 Å². The maximum Gasteiger partial charge on any atom is -0.172 e. The Balaban J connectivity index is 0.000000392. The Bertz CT molecular complexity index is 1540. The van der Waals surface area contributed by atoms with Gasteiger partial charge >= 0.3 is 46.7 Å². The van der Waals surface area contributed by atoms with Crippen LogP contribution in [0.5, 0.6) is 0 Å². The van der Waals surface area contributed by atoms with E-state index in [4.69, 9.17) is 0 Å². The zero-order valence-corrected chi connectivity index (χ0v) is 31.4. The summed E-state index contributed by atoms with van der Waals surface area (Å²) in [7, 11) is 0. The number of rotatable bonds is 2. The second kappa shape index (κ2) is 15.9. The van der Waals surface area contributed by atoms with Gasteiger partial charge < -0.3 is 24.8 Å². The smallest absolute Gasteiger partial charge is 0.172 e. The molecule has 5 aromatic carbocycles. The first-order valence-electron chi connectivity index (χ1n) is 15.6. The molecule has 5 aromatic rings. The third-order valence-corrected chi connectivity index (χ3v) is 9.56. The molecule has 3 heteroatoms. The Morgan fingerprint density at radius 2 is 1.13 bits per heavy atom. The van der Waals surface area contributed by atoms with E-state index in [1.165, 1.54) is 74.9 Å². The molecule has 0 aliphatic heterocycles. The molecule has 232 valence electrons. The minimum atomic E-state index is 0. The van der Waals surface area contributed by atoms with Crippen molar-refractivity contribution in [3.05, 3.63) is 138 Å². The third-order valence-electron chi connectivity index (χ3n) is 8.34. The van der Waals surface area contributed by atoms with Crippen LogP contribution < -0.4 is 24.8 Å². The van der Waals surface area contributed by atoms with Gasteiger partial charge in [0.15, 0.2) is 0 Å². The monoisotopic (exact) mass is 708 g/mol. The molecule has 0 bridgehead atoms. The van der Waals surface area contributed by atoms with Gasteiger partial charge in [0.2, 0.25) is 0 Å². The van der Waals surface area contributed by atoms with E-state index in [-0.39, 0.29) is 35.6 Å². The number of hydrogen-bond acceptors (Lipinski definition) is 0. The fraction of sp³-hybridized carbons (Fsp3) is 0.286. The standard InChI is InChI=1S/C33H33.C5H5.C4H6.2ClH.Zr/c1-32(2,3)30-20-26-24(18-28(30)22-13-9-7-10-14-22)17-25-19-29(23-15-11-8-12-16-23)31(21-27(25)26)33(4,5)6;1-2-4-5-3-1;1-2-4-3-1;;;/h7-16,18,20-21H,17H2,1-6H3;1-5H;1-3H2;2*1H;/q2*-1;;;;+2/p-2. The molecule has 0 atom stereocenters. The van der Waals surface area contributed by atoms with E-state index in [0.717, 1.165) is 6.42 Å². The van der Waals surface area contributed by atoms with Crippen molar-refractivity contribution in [3.63, 3.8) is 0 Å². The van der Waals surface area contributed by atoms with Crippen LogP contribution >= 0.6 is 0 Å². The zero-order valence-electron chi connectivity index (χ0n) is 27.5. The Hall–Kier alpha value is -2.44. The van der Waals surface area contributed by atoms with Gasteiger partial charge in [-0.25, -0.2) is 12.1 Å². The minimum Gasteiger partial charge on any atom is -0.214 e. The SMILES string of the molecule is CC(C)(C)c1cc2c([c-]c1-c1ccccc1)Cc1cc(-c3ccccc3)c(C(C)(C)C)cc1-2.[Cl-].[Cl-].[Zr+2]=[C]1CCC1.c1cc[cH-]c1. The summed E-state index contributed by atoms with van der Waals surface area (Å²) in [5.74, 6) is 0. The summed E-state index contributed by atoms with van der Waals surface area (Å²) >= 11 is 1.67. The van der Waals surface area contributed by atoms with Gasteiger partial charge in [0.25, 0.3) is 0 Å². The molecule has 2 aliphatic rings. The molecular weight excluding hydrogens is 667 g/mol. The van der Waals surface area contributed by atoms with Gasteiger partial charge in [-0.2, -0.15) is 18.2 Å². The van der Waals surface area contributed by atoms with E-state index in [0.29, 0.717) is 0 Å². The number of benzene rings is 4. The molecule has 0 N–H and O–H groups in total. The summed E-state index contributed by atoms with van der Waals surface area (Å²) in [5.41, 5.74) is 13.5. The summed E-state index contributed by atoms with van der Waals surface area (Å²) in [6, 6.07) is 42.8. The first-order valence-corrected chi connectivity index (χ1v) is 16.9. The van der Waals surface area contributed by atoms with Crippen molar-refractivity contribution in [1.82, 2.24) is 0 Å². The van der Waals surface area contributed by atoms with Crippen LogP contribution in [0.3, 0.4) is 0 Å². The molecule has 0 amide bonds. The van der Waals surface area contributed by atoms with Crippen molar-refractivity contribution >= 4 is 3.21 Å². The molecule has 0 unspecified atom stereocenters. The predicted molar refractivity (Wildman–Crippen MR) is 183 cm³/mol. The second-order valence-corrected chi connectivity index (χ2v) is 15.6.